The number of nitrogens with zero attached hydrogens (tertiary/aromatic N) is 1. The number of esters is 3. The van der Waals surface area contributed by atoms with Crippen LogP contribution in [0.3, 0.4) is 0 Å². The number of nitriles is 1. The lowest BCUT2D eigenvalue weighted by Gasteiger charge is -2.13. The van der Waals surface area contributed by atoms with Gasteiger partial charge in [0.1, 0.15) is 11.6 Å². The SMILES string of the molecule is C=C(C)C(=O)OCCc1ccc(C(=C(C#N)C(=O)OCC)c2ccc(CCOC(=O)C(=C)C)cc2)cc1. The number of benzene rings is 2. The second kappa shape index (κ2) is 14.2. The van der Waals surface area contributed by atoms with Crippen LogP contribution in [0.1, 0.15) is 43.0 Å². The van der Waals surface area contributed by atoms with Crippen molar-refractivity contribution in [1.29, 1.82) is 5.26 Å². The van der Waals surface area contributed by atoms with Gasteiger partial charge in [-0.15, -0.1) is 0 Å². The molecule has 0 fully saturated rings. The Morgan fingerprint density at radius 2 is 1.14 bits per heavy atom. The molecule has 0 spiro atoms. The lowest BCUT2D eigenvalue weighted by Crippen LogP contribution is -2.10. The summed E-state index contributed by atoms with van der Waals surface area (Å²) in [4.78, 5) is 35.7. The highest BCUT2D eigenvalue weighted by Crippen LogP contribution is 2.28. The van der Waals surface area contributed by atoms with E-state index in [0.717, 1.165) is 11.1 Å². The fourth-order valence-electron chi connectivity index (χ4n) is 3.31. The lowest BCUT2D eigenvalue weighted by molar-refractivity contribution is -0.139. The first-order valence-corrected chi connectivity index (χ1v) is 11.8. The molecular formula is C30H31NO6. The zero-order valence-corrected chi connectivity index (χ0v) is 21.5. The first kappa shape index (κ1) is 28.8. The molecule has 0 N–H and O–H groups in total. The van der Waals surface area contributed by atoms with E-state index < -0.39 is 17.9 Å². The maximum atomic E-state index is 12.6. The maximum absolute atomic E-state index is 12.6. The Hall–Kier alpha value is -4.44. The van der Waals surface area contributed by atoms with Gasteiger partial charge in [-0.25, -0.2) is 14.4 Å². The normalized spacial score (nSPS) is 10.0. The highest BCUT2D eigenvalue weighted by molar-refractivity contribution is 6.05. The Morgan fingerprint density at radius 3 is 1.46 bits per heavy atom. The standard InChI is InChI=1S/C30H31NO6/c1-6-35-30(34)26(19-31)27(24-11-7-22(8-12-24)15-17-36-28(32)20(2)3)25-13-9-23(10-14-25)16-18-37-29(33)21(4)5/h7-14H,2,4,6,15-18H2,1,3,5H3. The summed E-state index contributed by atoms with van der Waals surface area (Å²) in [6.07, 6.45) is 1.01. The van der Waals surface area contributed by atoms with Gasteiger partial charge < -0.3 is 14.2 Å². The fraction of sp³-hybridized carbons (Fsp3) is 0.267. The van der Waals surface area contributed by atoms with E-state index in [1.54, 1.807) is 20.8 Å². The summed E-state index contributed by atoms with van der Waals surface area (Å²) in [6.45, 7) is 12.5. The molecule has 0 atom stereocenters. The number of carbonyl (C=O) groups excluding carboxylic acids is 3. The molecule has 7 nitrogen and oxygen atoms in total. The molecule has 0 amide bonds. The van der Waals surface area contributed by atoms with Gasteiger partial charge in [0.05, 0.1) is 19.8 Å². The number of hydrogen-bond donors (Lipinski definition) is 0. The minimum absolute atomic E-state index is 0.104. The zero-order chi connectivity index (χ0) is 27.4. The molecule has 2 aromatic rings. The Morgan fingerprint density at radius 1 is 0.730 bits per heavy atom. The molecular weight excluding hydrogens is 470 g/mol. The summed E-state index contributed by atoms with van der Waals surface area (Å²) in [5, 5.41) is 9.83. The summed E-state index contributed by atoms with van der Waals surface area (Å²) in [5.74, 6) is -1.58. The topological polar surface area (TPSA) is 103 Å². The maximum Gasteiger partial charge on any atom is 0.349 e. The van der Waals surface area contributed by atoms with Crippen LogP contribution in [0.5, 0.6) is 0 Å². The number of rotatable bonds is 12. The molecule has 0 heterocycles. The number of ether oxygens (including phenoxy) is 3. The van der Waals surface area contributed by atoms with Gasteiger partial charge in [-0.2, -0.15) is 5.26 Å². The number of hydrogen-bond acceptors (Lipinski definition) is 7. The Kier molecular flexibility index (Phi) is 11.1. The summed E-state index contributed by atoms with van der Waals surface area (Å²) in [5.41, 5.74) is 4.19. The molecule has 0 aromatic heterocycles. The molecule has 0 bridgehead atoms. The van der Waals surface area contributed by atoms with E-state index in [4.69, 9.17) is 14.2 Å². The van der Waals surface area contributed by atoms with Crippen LogP contribution in [0, 0.1) is 11.3 Å². The third kappa shape index (κ3) is 8.62. The molecule has 2 rings (SSSR count). The van der Waals surface area contributed by atoms with Crippen LogP contribution in [0.2, 0.25) is 0 Å². The molecule has 0 saturated heterocycles. The van der Waals surface area contributed by atoms with Gasteiger partial charge in [0, 0.05) is 29.6 Å². The molecule has 0 unspecified atom stereocenters. The molecule has 7 heteroatoms. The minimum Gasteiger partial charge on any atom is -0.462 e. The smallest absolute Gasteiger partial charge is 0.349 e. The monoisotopic (exact) mass is 501 g/mol. The number of carbonyl (C=O) groups is 3. The summed E-state index contributed by atoms with van der Waals surface area (Å²) < 4.78 is 15.4. The van der Waals surface area contributed by atoms with Crippen molar-refractivity contribution in [1.82, 2.24) is 0 Å². The molecule has 0 aliphatic rings. The quantitative estimate of drug-likeness (QED) is 0.176. The average molecular weight is 502 g/mol. The third-order valence-corrected chi connectivity index (χ3v) is 5.27. The van der Waals surface area contributed by atoms with Crippen LogP contribution in [0.15, 0.2) is 78.4 Å². The fourth-order valence-corrected chi connectivity index (χ4v) is 3.31. The zero-order valence-electron chi connectivity index (χ0n) is 21.5. The van der Waals surface area contributed by atoms with Crippen molar-refractivity contribution in [2.45, 2.75) is 33.6 Å². The molecule has 2 aromatic carbocycles. The van der Waals surface area contributed by atoms with E-state index in [1.165, 1.54) is 0 Å². The third-order valence-electron chi connectivity index (χ3n) is 5.27. The summed E-state index contributed by atoms with van der Waals surface area (Å²) in [6, 6.07) is 16.7. The van der Waals surface area contributed by atoms with Gasteiger partial charge in [0.15, 0.2) is 0 Å². The Labute approximate surface area is 217 Å². The lowest BCUT2D eigenvalue weighted by atomic mass is 9.91. The molecule has 192 valence electrons. The van der Waals surface area contributed by atoms with Crippen molar-refractivity contribution >= 4 is 23.5 Å². The van der Waals surface area contributed by atoms with E-state index >= 15 is 0 Å². The first-order valence-electron chi connectivity index (χ1n) is 11.8. The van der Waals surface area contributed by atoms with E-state index in [2.05, 4.69) is 13.2 Å². The molecule has 0 aliphatic heterocycles. The highest BCUT2D eigenvalue weighted by Gasteiger charge is 2.20. The van der Waals surface area contributed by atoms with Gasteiger partial charge >= 0.3 is 17.9 Å². The van der Waals surface area contributed by atoms with E-state index in [0.29, 0.717) is 40.7 Å². The van der Waals surface area contributed by atoms with Crippen molar-refractivity contribution in [3.05, 3.63) is 101 Å². The van der Waals surface area contributed by atoms with E-state index in [-0.39, 0.29) is 25.4 Å². The van der Waals surface area contributed by atoms with Crippen LogP contribution >= 0.6 is 0 Å². The molecule has 0 aliphatic carbocycles. The van der Waals surface area contributed by atoms with Crippen LogP contribution in [-0.2, 0) is 41.4 Å². The van der Waals surface area contributed by atoms with Gasteiger partial charge in [0.25, 0.3) is 0 Å². The Bertz CT molecular complexity index is 1150. The van der Waals surface area contributed by atoms with Crippen molar-refractivity contribution < 1.29 is 28.6 Å². The van der Waals surface area contributed by atoms with Gasteiger partial charge in [-0.3, -0.25) is 0 Å². The molecule has 37 heavy (non-hydrogen) atoms. The van der Waals surface area contributed by atoms with Gasteiger partial charge in [-0.05, 0) is 43.0 Å². The highest BCUT2D eigenvalue weighted by atomic mass is 16.5. The van der Waals surface area contributed by atoms with Crippen molar-refractivity contribution in [3.8, 4) is 6.07 Å². The molecule has 0 radical (unpaired) electrons. The Balaban J connectivity index is 2.30. The average Bonchev–Trinajstić information content (AvgIpc) is 2.88. The van der Waals surface area contributed by atoms with Gasteiger partial charge in [-0.1, -0.05) is 61.7 Å². The van der Waals surface area contributed by atoms with E-state index in [9.17, 15) is 19.6 Å². The van der Waals surface area contributed by atoms with Crippen molar-refractivity contribution in [2.24, 2.45) is 0 Å². The summed E-state index contributed by atoms with van der Waals surface area (Å²) >= 11 is 0. The largest absolute Gasteiger partial charge is 0.462 e. The predicted octanol–water partition coefficient (Wildman–Crippen LogP) is 4.90. The minimum atomic E-state index is -0.702. The van der Waals surface area contributed by atoms with Crippen LogP contribution in [0.4, 0.5) is 0 Å². The summed E-state index contributed by atoms with van der Waals surface area (Å²) in [7, 11) is 0. The van der Waals surface area contributed by atoms with Gasteiger partial charge in [0.2, 0.25) is 0 Å². The second-order valence-corrected chi connectivity index (χ2v) is 8.31. The van der Waals surface area contributed by atoms with Crippen LogP contribution in [0.25, 0.3) is 5.57 Å². The van der Waals surface area contributed by atoms with E-state index in [1.807, 2.05) is 54.6 Å². The van der Waals surface area contributed by atoms with Crippen molar-refractivity contribution in [2.75, 3.05) is 19.8 Å². The predicted molar refractivity (Wildman–Crippen MR) is 140 cm³/mol. The van der Waals surface area contributed by atoms with Crippen molar-refractivity contribution in [3.63, 3.8) is 0 Å². The molecule has 0 saturated carbocycles. The van der Waals surface area contributed by atoms with Crippen LogP contribution < -0.4 is 0 Å². The second-order valence-electron chi connectivity index (χ2n) is 8.31. The van der Waals surface area contributed by atoms with Crippen LogP contribution in [-0.4, -0.2) is 37.7 Å². The first-order chi connectivity index (χ1) is 17.7.